The molecule has 0 bridgehead atoms. The molecule has 1 saturated carbocycles. The number of nitrogens with one attached hydrogen (secondary N) is 2. The van der Waals surface area contributed by atoms with Crippen molar-refractivity contribution in [3.8, 4) is 0 Å². The van der Waals surface area contributed by atoms with Crippen LogP contribution in [-0.4, -0.2) is 77.3 Å². The number of carboxylic acids is 1. The minimum Gasteiger partial charge on any atom is -0.480 e. The van der Waals surface area contributed by atoms with Gasteiger partial charge in [-0.3, -0.25) is 14.6 Å². The van der Waals surface area contributed by atoms with Crippen LogP contribution in [0.2, 0.25) is 0 Å². The highest BCUT2D eigenvalue weighted by Gasteiger charge is 2.36. The Labute approximate surface area is 163 Å². The van der Waals surface area contributed by atoms with Gasteiger partial charge in [-0.15, -0.1) is 0 Å². The molecule has 0 aromatic rings. The number of hydrogen-bond acceptors (Lipinski definition) is 4. The predicted octanol–water partition coefficient (Wildman–Crippen LogP) is 1.98. The zero-order valence-electron chi connectivity index (χ0n) is 17.6. The van der Waals surface area contributed by atoms with Crippen LogP contribution < -0.4 is 10.6 Å². The highest BCUT2D eigenvalue weighted by molar-refractivity contribution is 5.74. The average Bonchev–Trinajstić information content (AvgIpc) is 2.53. The molecule has 0 aromatic heterocycles. The van der Waals surface area contributed by atoms with Crippen molar-refractivity contribution < 1.29 is 14.7 Å². The highest BCUT2D eigenvalue weighted by atomic mass is 16.4. The van der Waals surface area contributed by atoms with Crippen molar-refractivity contribution in [1.82, 2.24) is 20.4 Å². The van der Waals surface area contributed by atoms with E-state index in [4.69, 9.17) is 5.11 Å². The third kappa shape index (κ3) is 6.35. The van der Waals surface area contributed by atoms with E-state index in [1.165, 1.54) is 6.42 Å². The maximum Gasteiger partial charge on any atom is 0.317 e. The van der Waals surface area contributed by atoms with Crippen LogP contribution in [0.15, 0.2) is 0 Å². The zero-order chi connectivity index (χ0) is 20.2. The van der Waals surface area contributed by atoms with Gasteiger partial charge in [-0.25, -0.2) is 4.79 Å². The quantitative estimate of drug-likeness (QED) is 0.598. The fraction of sp³-hybridized carbons (Fsp3) is 0.900. The Bertz CT molecular complexity index is 509. The Kier molecular flexibility index (Phi) is 7.51. The average molecular weight is 383 g/mol. The number of aliphatic carboxylic acids is 1. The van der Waals surface area contributed by atoms with E-state index in [1.807, 2.05) is 11.8 Å². The summed E-state index contributed by atoms with van der Waals surface area (Å²) in [6.07, 6.45) is 2.91. The lowest BCUT2D eigenvalue weighted by Gasteiger charge is -2.45. The van der Waals surface area contributed by atoms with Crippen molar-refractivity contribution in [2.24, 2.45) is 11.8 Å². The first-order valence-corrected chi connectivity index (χ1v) is 10.4. The fourth-order valence-corrected chi connectivity index (χ4v) is 4.48. The predicted molar refractivity (Wildman–Crippen MR) is 107 cm³/mol. The van der Waals surface area contributed by atoms with Crippen LogP contribution in [-0.2, 0) is 4.79 Å². The smallest absolute Gasteiger partial charge is 0.317 e. The van der Waals surface area contributed by atoms with E-state index < -0.39 is 5.97 Å². The number of likely N-dealkylation sites (N-methyl/N-ethyl adjacent to an activating group) is 1. The van der Waals surface area contributed by atoms with Gasteiger partial charge in [-0.05, 0) is 51.5 Å². The molecule has 2 aliphatic rings. The molecule has 2 fully saturated rings. The first kappa shape index (κ1) is 22.0. The molecule has 1 heterocycles. The molecule has 3 N–H and O–H groups in total. The molecule has 0 radical (unpaired) electrons. The van der Waals surface area contributed by atoms with Gasteiger partial charge in [-0.2, -0.15) is 0 Å². The van der Waals surface area contributed by atoms with Crippen LogP contribution >= 0.6 is 0 Å². The van der Waals surface area contributed by atoms with Crippen LogP contribution in [0.25, 0.3) is 0 Å². The number of hydrogen-bond donors (Lipinski definition) is 3. The molecule has 7 heteroatoms. The van der Waals surface area contributed by atoms with Crippen molar-refractivity contribution in [2.45, 2.75) is 71.5 Å². The van der Waals surface area contributed by atoms with Gasteiger partial charge < -0.3 is 15.7 Å². The number of piperidine rings is 1. The van der Waals surface area contributed by atoms with Gasteiger partial charge in [0.25, 0.3) is 0 Å². The molecular weight excluding hydrogens is 344 g/mol. The molecular formula is C20H38N4O3. The lowest BCUT2D eigenvalue weighted by Crippen LogP contribution is -2.59. The molecule has 2 atom stereocenters. The summed E-state index contributed by atoms with van der Waals surface area (Å²) in [7, 11) is 0. The molecule has 0 spiro atoms. The summed E-state index contributed by atoms with van der Waals surface area (Å²) in [5, 5.41) is 15.0. The molecule has 27 heavy (non-hydrogen) atoms. The fourth-order valence-electron chi connectivity index (χ4n) is 4.48. The van der Waals surface area contributed by atoms with Crippen molar-refractivity contribution in [2.75, 3.05) is 32.7 Å². The topological polar surface area (TPSA) is 84.9 Å². The van der Waals surface area contributed by atoms with Gasteiger partial charge in [0.05, 0.1) is 6.54 Å². The standard InChI is InChI=1S/C20H38N4O3/c1-6-23(12-18(25)26)17-8-16(9-17)22-19(27)21-13-20(4,5)24-10-14(2)7-15(3)11-24/h14-17H,6-13H2,1-5H3,(H,25,26)(H2,21,22,27). The van der Waals surface area contributed by atoms with Crippen LogP contribution in [0.5, 0.6) is 0 Å². The SMILES string of the molecule is CCN(CC(=O)O)C1CC(NC(=O)NCC(C)(C)N2CC(C)CC(C)C2)C1. The Morgan fingerprint density at radius 3 is 2.26 bits per heavy atom. The Morgan fingerprint density at radius 2 is 1.74 bits per heavy atom. The second-order valence-electron chi connectivity index (χ2n) is 9.27. The van der Waals surface area contributed by atoms with E-state index in [9.17, 15) is 9.59 Å². The summed E-state index contributed by atoms with van der Waals surface area (Å²) in [5.74, 6) is 0.594. The van der Waals surface area contributed by atoms with Gasteiger partial charge in [0.2, 0.25) is 0 Å². The maximum absolute atomic E-state index is 12.3. The van der Waals surface area contributed by atoms with Gasteiger partial charge in [0, 0.05) is 37.3 Å². The lowest BCUT2D eigenvalue weighted by atomic mass is 9.85. The Hall–Kier alpha value is -1.34. The third-order valence-electron chi connectivity index (χ3n) is 6.12. The summed E-state index contributed by atoms with van der Waals surface area (Å²) in [6.45, 7) is 14.5. The van der Waals surface area contributed by atoms with E-state index in [1.54, 1.807) is 0 Å². The third-order valence-corrected chi connectivity index (χ3v) is 6.12. The normalized spacial score (nSPS) is 29.3. The summed E-state index contributed by atoms with van der Waals surface area (Å²) in [6, 6.07) is 0.270. The summed E-state index contributed by atoms with van der Waals surface area (Å²) >= 11 is 0. The van der Waals surface area contributed by atoms with E-state index in [0.29, 0.717) is 18.4 Å². The van der Waals surface area contributed by atoms with Crippen molar-refractivity contribution >= 4 is 12.0 Å². The van der Waals surface area contributed by atoms with Crippen molar-refractivity contribution in [3.63, 3.8) is 0 Å². The van der Waals surface area contributed by atoms with Crippen LogP contribution in [0.4, 0.5) is 4.79 Å². The number of carboxylic acid groups (broad SMARTS) is 1. The molecule has 1 aliphatic carbocycles. The molecule has 2 rings (SSSR count). The number of carbonyl (C=O) groups is 2. The Morgan fingerprint density at radius 1 is 1.15 bits per heavy atom. The maximum atomic E-state index is 12.3. The second kappa shape index (κ2) is 9.24. The highest BCUT2D eigenvalue weighted by Crippen LogP contribution is 2.27. The van der Waals surface area contributed by atoms with Gasteiger partial charge in [0.1, 0.15) is 0 Å². The van der Waals surface area contributed by atoms with Gasteiger partial charge in [-0.1, -0.05) is 20.8 Å². The monoisotopic (exact) mass is 382 g/mol. The summed E-state index contributed by atoms with van der Waals surface area (Å²) < 4.78 is 0. The molecule has 1 aliphatic heterocycles. The van der Waals surface area contributed by atoms with E-state index in [2.05, 4.69) is 43.2 Å². The second-order valence-corrected chi connectivity index (χ2v) is 9.27. The number of likely N-dealkylation sites (tertiary alicyclic amines) is 1. The van der Waals surface area contributed by atoms with Gasteiger partial charge >= 0.3 is 12.0 Å². The lowest BCUT2D eigenvalue weighted by molar-refractivity contribution is -0.139. The summed E-state index contributed by atoms with van der Waals surface area (Å²) in [4.78, 5) is 27.6. The van der Waals surface area contributed by atoms with Crippen molar-refractivity contribution in [3.05, 3.63) is 0 Å². The van der Waals surface area contributed by atoms with Crippen LogP contribution in [0.3, 0.4) is 0 Å². The number of carbonyl (C=O) groups excluding carboxylic acids is 1. The van der Waals surface area contributed by atoms with E-state index >= 15 is 0 Å². The first-order valence-electron chi connectivity index (χ1n) is 10.4. The molecule has 7 nitrogen and oxygen atoms in total. The largest absolute Gasteiger partial charge is 0.480 e. The van der Waals surface area contributed by atoms with Crippen LogP contribution in [0, 0.1) is 11.8 Å². The molecule has 156 valence electrons. The first-order chi connectivity index (χ1) is 12.6. The molecule has 2 unspecified atom stereocenters. The number of urea groups is 1. The minimum absolute atomic E-state index is 0.0665. The summed E-state index contributed by atoms with van der Waals surface area (Å²) in [5.41, 5.74) is -0.0665. The minimum atomic E-state index is -0.797. The zero-order valence-corrected chi connectivity index (χ0v) is 17.6. The number of nitrogens with zero attached hydrogens (tertiary/aromatic N) is 2. The molecule has 1 saturated heterocycles. The van der Waals surface area contributed by atoms with Crippen molar-refractivity contribution in [1.29, 1.82) is 0 Å². The number of amides is 2. The van der Waals surface area contributed by atoms with E-state index in [0.717, 1.165) is 32.5 Å². The van der Waals surface area contributed by atoms with E-state index in [-0.39, 0.29) is 30.2 Å². The molecule has 2 amide bonds. The molecule has 0 aromatic carbocycles. The van der Waals surface area contributed by atoms with Crippen LogP contribution in [0.1, 0.15) is 53.9 Å². The number of rotatable bonds is 8. The van der Waals surface area contributed by atoms with Gasteiger partial charge in [0.15, 0.2) is 0 Å². The Balaban J connectivity index is 1.71.